The highest BCUT2D eigenvalue weighted by molar-refractivity contribution is 9.10. The van der Waals surface area contributed by atoms with Crippen LogP contribution in [-0.4, -0.2) is 20.1 Å². The second kappa shape index (κ2) is 6.07. The first-order valence-corrected chi connectivity index (χ1v) is 5.66. The van der Waals surface area contributed by atoms with Gasteiger partial charge in [0.2, 0.25) is 0 Å². The lowest BCUT2D eigenvalue weighted by atomic mass is 10.1. The molecule has 5 nitrogen and oxygen atoms in total. The molecule has 1 rings (SSSR count). The molecule has 0 unspecified atom stereocenters. The fraction of sp³-hybridized carbons (Fsp3) is 0.167. The van der Waals surface area contributed by atoms with Crippen molar-refractivity contribution in [1.82, 2.24) is 0 Å². The van der Waals surface area contributed by atoms with Crippen molar-refractivity contribution in [2.45, 2.75) is 0 Å². The van der Waals surface area contributed by atoms with E-state index in [0.717, 1.165) is 0 Å². The number of carbonyl (C=O) groups is 1. The van der Waals surface area contributed by atoms with Gasteiger partial charge in [0.15, 0.2) is 11.5 Å². The predicted octanol–water partition coefficient (Wildman–Crippen LogP) is 1.86. The summed E-state index contributed by atoms with van der Waals surface area (Å²) in [6.07, 6.45) is 1.38. The SMILES string of the molecule is COc1cc(Br)c(/C=C(\C#N)C(N)=O)cc1OC. The Bertz CT molecular complexity index is 547. The number of methoxy groups -OCH3 is 2. The molecule has 0 atom stereocenters. The Morgan fingerprint density at radius 3 is 2.39 bits per heavy atom. The molecule has 0 saturated carbocycles. The summed E-state index contributed by atoms with van der Waals surface area (Å²) in [5.41, 5.74) is 5.53. The van der Waals surface area contributed by atoms with E-state index in [9.17, 15) is 4.79 Å². The van der Waals surface area contributed by atoms with Gasteiger partial charge in [-0.3, -0.25) is 4.79 Å². The van der Waals surface area contributed by atoms with Crippen LogP contribution in [0.25, 0.3) is 6.08 Å². The zero-order chi connectivity index (χ0) is 13.7. The zero-order valence-electron chi connectivity index (χ0n) is 9.86. The maximum absolute atomic E-state index is 11.0. The number of nitrogens with two attached hydrogens (primary N) is 1. The number of carbonyl (C=O) groups excluding carboxylic acids is 1. The van der Waals surface area contributed by atoms with E-state index in [4.69, 9.17) is 20.5 Å². The van der Waals surface area contributed by atoms with Crippen LogP contribution in [0.15, 0.2) is 22.2 Å². The van der Waals surface area contributed by atoms with E-state index in [1.165, 1.54) is 20.3 Å². The zero-order valence-corrected chi connectivity index (χ0v) is 11.4. The smallest absolute Gasteiger partial charge is 0.259 e. The summed E-state index contributed by atoms with van der Waals surface area (Å²) in [4.78, 5) is 11.0. The Hall–Kier alpha value is -2.00. The molecule has 1 aromatic carbocycles. The fourth-order valence-electron chi connectivity index (χ4n) is 1.29. The number of hydrogen-bond donors (Lipinski definition) is 1. The third-order valence-electron chi connectivity index (χ3n) is 2.19. The summed E-state index contributed by atoms with van der Waals surface area (Å²) in [6.45, 7) is 0. The van der Waals surface area contributed by atoms with Crippen molar-refractivity contribution < 1.29 is 14.3 Å². The van der Waals surface area contributed by atoms with Crippen molar-refractivity contribution in [2.24, 2.45) is 5.73 Å². The highest BCUT2D eigenvalue weighted by atomic mass is 79.9. The maximum atomic E-state index is 11.0. The van der Waals surface area contributed by atoms with Gasteiger partial charge in [-0.15, -0.1) is 0 Å². The first-order valence-electron chi connectivity index (χ1n) is 4.86. The van der Waals surface area contributed by atoms with Crippen LogP contribution in [0.1, 0.15) is 5.56 Å². The minimum absolute atomic E-state index is 0.136. The second-order valence-corrected chi connectivity index (χ2v) is 4.12. The van der Waals surface area contributed by atoms with Crippen LogP contribution in [0.3, 0.4) is 0 Å². The van der Waals surface area contributed by atoms with Crippen LogP contribution in [0.5, 0.6) is 11.5 Å². The first kappa shape index (κ1) is 14.1. The summed E-state index contributed by atoms with van der Waals surface area (Å²) in [5.74, 6) is 0.256. The Labute approximate surface area is 113 Å². The number of amides is 1. The highest BCUT2D eigenvalue weighted by Gasteiger charge is 2.10. The standard InChI is InChI=1S/C12H11BrN2O3/c1-17-10-4-7(3-8(6-14)12(15)16)9(13)5-11(10)18-2/h3-5H,1-2H3,(H2,15,16)/b8-3+. The minimum atomic E-state index is -0.779. The summed E-state index contributed by atoms with van der Waals surface area (Å²) < 4.78 is 10.9. The Morgan fingerprint density at radius 2 is 1.94 bits per heavy atom. The number of rotatable bonds is 4. The van der Waals surface area contributed by atoms with Gasteiger partial charge in [-0.25, -0.2) is 0 Å². The quantitative estimate of drug-likeness (QED) is 0.679. The molecule has 0 radical (unpaired) electrons. The molecule has 2 N–H and O–H groups in total. The maximum Gasteiger partial charge on any atom is 0.259 e. The number of hydrogen-bond acceptors (Lipinski definition) is 4. The Morgan fingerprint density at radius 1 is 1.39 bits per heavy atom. The molecule has 1 amide bonds. The van der Waals surface area contributed by atoms with Crippen LogP contribution < -0.4 is 15.2 Å². The molecule has 18 heavy (non-hydrogen) atoms. The van der Waals surface area contributed by atoms with Gasteiger partial charge in [0.25, 0.3) is 5.91 Å². The average Bonchev–Trinajstić information content (AvgIpc) is 2.36. The molecule has 0 heterocycles. The first-order chi connectivity index (χ1) is 8.53. The van der Waals surface area contributed by atoms with E-state index in [1.54, 1.807) is 18.2 Å². The van der Waals surface area contributed by atoms with Crippen LogP contribution in [0, 0.1) is 11.3 Å². The van der Waals surface area contributed by atoms with Crippen LogP contribution >= 0.6 is 15.9 Å². The van der Waals surface area contributed by atoms with E-state index in [2.05, 4.69) is 15.9 Å². The largest absolute Gasteiger partial charge is 0.493 e. The van der Waals surface area contributed by atoms with Gasteiger partial charge in [0, 0.05) is 4.47 Å². The molecular formula is C12H11BrN2O3. The lowest BCUT2D eigenvalue weighted by molar-refractivity contribution is -0.114. The molecular weight excluding hydrogens is 300 g/mol. The third-order valence-corrected chi connectivity index (χ3v) is 2.88. The molecule has 0 aliphatic heterocycles. The van der Waals surface area contributed by atoms with Crippen molar-refractivity contribution in [3.63, 3.8) is 0 Å². The lowest BCUT2D eigenvalue weighted by Gasteiger charge is -2.09. The second-order valence-electron chi connectivity index (χ2n) is 3.26. The highest BCUT2D eigenvalue weighted by Crippen LogP contribution is 2.34. The Balaban J connectivity index is 3.35. The molecule has 0 fully saturated rings. The van der Waals surface area contributed by atoms with E-state index < -0.39 is 5.91 Å². The van der Waals surface area contributed by atoms with E-state index >= 15 is 0 Å². The van der Waals surface area contributed by atoms with Gasteiger partial charge in [0.05, 0.1) is 14.2 Å². The predicted molar refractivity (Wildman–Crippen MR) is 70.0 cm³/mol. The van der Waals surface area contributed by atoms with Gasteiger partial charge < -0.3 is 15.2 Å². The molecule has 1 aromatic rings. The van der Waals surface area contributed by atoms with Crippen LogP contribution in [-0.2, 0) is 4.79 Å². The fourth-order valence-corrected chi connectivity index (χ4v) is 1.73. The van der Waals surface area contributed by atoms with Crippen molar-refractivity contribution in [3.05, 3.63) is 27.7 Å². The summed E-state index contributed by atoms with van der Waals surface area (Å²) >= 11 is 3.32. The normalized spacial score (nSPS) is 10.7. The third kappa shape index (κ3) is 3.02. The van der Waals surface area contributed by atoms with Crippen molar-refractivity contribution in [3.8, 4) is 17.6 Å². The topological polar surface area (TPSA) is 85.3 Å². The van der Waals surface area contributed by atoms with E-state index in [0.29, 0.717) is 21.5 Å². The Kier molecular flexibility index (Phi) is 4.75. The molecule has 94 valence electrons. The molecule has 6 heteroatoms. The summed E-state index contributed by atoms with van der Waals surface area (Å²) in [6, 6.07) is 5.06. The number of halogens is 1. The van der Waals surface area contributed by atoms with Gasteiger partial charge in [-0.05, 0) is 23.8 Å². The van der Waals surface area contributed by atoms with Gasteiger partial charge in [-0.1, -0.05) is 15.9 Å². The summed E-state index contributed by atoms with van der Waals surface area (Å²) in [5, 5.41) is 8.79. The molecule has 0 bridgehead atoms. The molecule has 0 aliphatic rings. The van der Waals surface area contributed by atoms with Gasteiger partial charge >= 0.3 is 0 Å². The number of nitriles is 1. The number of ether oxygens (including phenoxy) is 2. The average molecular weight is 311 g/mol. The van der Waals surface area contributed by atoms with Crippen LogP contribution in [0.2, 0.25) is 0 Å². The lowest BCUT2D eigenvalue weighted by Crippen LogP contribution is -2.12. The molecule has 0 aromatic heterocycles. The van der Waals surface area contributed by atoms with Gasteiger partial charge in [-0.2, -0.15) is 5.26 Å². The van der Waals surface area contributed by atoms with E-state index in [1.807, 2.05) is 0 Å². The van der Waals surface area contributed by atoms with Crippen LogP contribution in [0.4, 0.5) is 0 Å². The summed E-state index contributed by atoms with van der Waals surface area (Å²) in [7, 11) is 3.02. The monoisotopic (exact) mass is 310 g/mol. The number of primary amides is 1. The van der Waals surface area contributed by atoms with Gasteiger partial charge in [0.1, 0.15) is 11.6 Å². The van der Waals surface area contributed by atoms with E-state index in [-0.39, 0.29) is 5.57 Å². The van der Waals surface area contributed by atoms with Crippen molar-refractivity contribution >= 4 is 27.9 Å². The molecule has 0 saturated heterocycles. The van der Waals surface area contributed by atoms with Crippen molar-refractivity contribution in [1.29, 1.82) is 5.26 Å². The number of nitrogens with zero attached hydrogens (tertiary/aromatic N) is 1. The van der Waals surface area contributed by atoms with Crippen molar-refractivity contribution in [2.75, 3.05) is 14.2 Å². The molecule has 0 aliphatic carbocycles. The molecule has 0 spiro atoms. The minimum Gasteiger partial charge on any atom is -0.493 e. The number of benzene rings is 1.